The number of carbonyl (C=O) groups is 1. The van der Waals surface area contributed by atoms with Crippen molar-refractivity contribution >= 4 is 5.91 Å². The van der Waals surface area contributed by atoms with Crippen molar-refractivity contribution in [3.63, 3.8) is 0 Å². The summed E-state index contributed by atoms with van der Waals surface area (Å²) in [5, 5.41) is 6.77. The molecule has 3 rings (SSSR count). The Bertz CT molecular complexity index is 834. The lowest BCUT2D eigenvalue weighted by Gasteiger charge is -2.13. The maximum Gasteiger partial charge on any atom is 0.437 e. The zero-order valence-electron chi connectivity index (χ0n) is 12.4. The molecule has 3 aromatic rings. The minimum Gasteiger partial charge on any atom is -0.459 e. The summed E-state index contributed by atoms with van der Waals surface area (Å²) < 4.78 is 11.0. The van der Waals surface area contributed by atoms with E-state index >= 15 is 0 Å². The number of benzene rings is 1. The van der Waals surface area contributed by atoms with Gasteiger partial charge in [-0.25, -0.2) is 4.79 Å². The SMILES string of the molecule is CC(NC(=O)Cn1nc(-c2ccco2)oc1=O)c1ccccc1. The number of aromatic nitrogens is 2. The van der Waals surface area contributed by atoms with Gasteiger partial charge in [0.2, 0.25) is 5.91 Å². The first-order chi connectivity index (χ1) is 11.1. The number of hydrogen-bond donors (Lipinski definition) is 1. The molecule has 7 nitrogen and oxygen atoms in total. The number of hydrogen-bond acceptors (Lipinski definition) is 5. The Hall–Kier alpha value is -3.09. The van der Waals surface area contributed by atoms with Gasteiger partial charge in [0.15, 0.2) is 5.76 Å². The minimum atomic E-state index is -0.709. The molecule has 1 atom stereocenters. The summed E-state index contributed by atoms with van der Waals surface area (Å²) in [5.41, 5.74) is 0.977. The summed E-state index contributed by atoms with van der Waals surface area (Å²) in [4.78, 5) is 23.8. The van der Waals surface area contributed by atoms with Gasteiger partial charge in [-0.15, -0.1) is 5.10 Å². The van der Waals surface area contributed by atoms with Crippen LogP contribution in [0.15, 0.2) is 62.4 Å². The van der Waals surface area contributed by atoms with Crippen LogP contribution in [0.5, 0.6) is 0 Å². The molecule has 2 aromatic heterocycles. The van der Waals surface area contributed by atoms with Gasteiger partial charge < -0.3 is 14.2 Å². The van der Waals surface area contributed by atoms with Crippen LogP contribution in [0.4, 0.5) is 0 Å². The Morgan fingerprint density at radius 1 is 1.26 bits per heavy atom. The fraction of sp³-hybridized carbons (Fsp3) is 0.188. The highest BCUT2D eigenvalue weighted by Crippen LogP contribution is 2.15. The molecule has 1 unspecified atom stereocenters. The summed E-state index contributed by atoms with van der Waals surface area (Å²) in [7, 11) is 0. The number of furan rings is 1. The van der Waals surface area contributed by atoms with Gasteiger partial charge >= 0.3 is 5.76 Å². The predicted octanol–water partition coefficient (Wildman–Crippen LogP) is 1.97. The van der Waals surface area contributed by atoms with E-state index in [9.17, 15) is 9.59 Å². The van der Waals surface area contributed by atoms with Crippen LogP contribution in [0.2, 0.25) is 0 Å². The molecule has 0 spiro atoms. The summed E-state index contributed by atoms with van der Waals surface area (Å²) in [6.07, 6.45) is 1.45. The second-order valence-corrected chi connectivity index (χ2v) is 5.01. The fourth-order valence-corrected chi connectivity index (χ4v) is 2.15. The standard InChI is InChI=1S/C16H15N3O4/c1-11(12-6-3-2-4-7-12)17-14(20)10-19-16(21)23-15(18-19)13-8-5-9-22-13/h2-9,11H,10H2,1H3,(H,17,20). The lowest BCUT2D eigenvalue weighted by atomic mass is 10.1. The van der Waals surface area contributed by atoms with Crippen LogP contribution in [0, 0.1) is 0 Å². The van der Waals surface area contributed by atoms with Crippen LogP contribution >= 0.6 is 0 Å². The summed E-state index contributed by atoms with van der Waals surface area (Å²) in [5.74, 6) is -0.663. The molecule has 0 saturated heterocycles. The number of nitrogens with one attached hydrogen (secondary N) is 1. The Kier molecular flexibility index (Phi) is 4.09. The van der Waals surface area contributed by atoms with Crippen LogP contribution in [0.25, 0.3) is 11.7 Å². The average Bonchev–Trinajstić information content (AvgIpc) is 3.18. The van der Waals surface area contributed by atoms with Gasteiger partial charge in [0, 0.05) is 0 Å². The van der Waals surface area contributed by atoms with Crippen molar-refractivity contribution in [3.05, 3.63) is 64.8 Å². The van der Waals surface area contributed by atoms with E-state index in [1.54, 1.807) is 12.1 Å². The zero-order valence-corrected chi connectivity index (χ0v) is 12.4. The van der Waals surface area contributed by atoms with Crippen molar-refractivity contribution in [1.29, 1.82) is 0 Å². The Labute approximate surface area is 131 Å². The highest BCUT2D eigenvalue weighted by Gasteiger charge is 2.16. The molecule has 0 aliphatic carbocycles. The highest BCUT2D eigenvalue weighted by molar-refractivity contribution is 5.76. The van der Waals surface area contributed by atoms with Crippen LogP contribution in [-0.4, -0.2) is 15.7 Å². The first-order valence-electron chi connectivity index (χ1n) is 7.09. The summed E-state index contributed by atoms with van der Waals surface area (Å²) in [6.45, 7) is 1.65. The fourth-order valence-electron chi connectivity index (χ4n) is 2.15. The molecule has 0 fully saturated rings. The molecule has 118 valence electrons. The van der Waals surface area contributed by atoms with Crippen molar-refractivity contribution in [3.8, 4) is 11.7 Å². The lowest BCUT2D eigenvalue weighted by molar-refractivity contribution is -0.122. The second kappa shape index (κ2) is 6.35. The van der Waals surface area contributed by atoms with Crippen LogP contribution in [0.1, 0.15) is 18.5 Å². The first-order valence-corrected chi connectivity index (χ1v) is 7.09. The molecule has 1 N–H and O–H groups in total. The van der Waals surface area contributed by atoms with E-state index in [1.165, 1.54) is 6.26 Å². The van der Waals surface area contributed by atoms with E-state index in [0.29, 0.717) is 5.76 Å². The molecule has 1 aromatic carbocycles. The first kappa shape index (κ1) is 14.8. The van der Waals surface area contributed by atoms with Crippen molar-refractivity contribution < 1.29 is 13.6 Å². The summed E-state index contributed by atoms with van der Waals surface area (Å²) in [6, 6.07) is 12.6. The van der Waals surface area contributed by atoms with Crippen molar-refractivity contribution in [2.75, 3.05) is 0 Å². The van der Waals surface area contributed by atoms with Crippen molar-refractivity contribution in [2.24, 2.45) is 0 Å². The Morgan fingerprint density at radius 3 is 2.74 bits per heavy atom. The van der Waals surface area contributed by atoms with Crippen molar-refractivity contribution in [1.82, 2.24) is 15.1 Å². The monoisotopic (exact) mass is 313 g/mol. The van der Waals surface area contributed by atoms with Crippen LogP contribution in [0.3, 0.4) is 0 Å². The van der Waals surface area contributed by atoms with Crippen LogP contribution < -0.4 is 11.1 Å². The van der Waals surface area contributed by atoms with Gasteiger partial charge in [0.05, 0.1) is 12.3 Å². The topological polar surface area (TPSA) is 90.3 Å². The minimum absolute atomic E-state index is 0.0453. The third-order valence-corrected chi connectivity index (χ3v) is 3.31. The third kappa shape index (κ3) is 3.39. The molecule has 23 heavy (non-hydrogen) atoms. The Balaban J connectivity index is 1.68. The van der Waals surface area contributed by atoms with Crippen molar-refractivity contribution in [2.45, 2.75) is 19.5 Å². The highest BCUT2D eigenvalue weighted by atomic mass is 16.4. The number of rotatable bonds is 5. The number of carbonyl (C=O) groups excluding carboxylic acids is 1. The normalized spacial score (nSPS) is 12.0. The molecule has 0 aliphatic heterocycles. The molecule has 0 saturated carbocycles. The largest absolute Gasteiger partial charge is 0.459 e. The van der Waals surface area contributed by atoms with Gasteiger partial charge in [-0.05, 0) is 24.6 Å². The lowest BCUT2D eigenvalue weighted by Crippen LogP contribution is -2.33. The van der Waals surface area contributed by atoms with Gasteiger partial charge in [-0.3, -0.25) is 4.79 Å². The van der Waals surface area contributed by atoms with Gasteiger partial charge in [-0.2, -0.15) is 4.68 Å². The summed E-state index contributed by atoms with van der Waals surface area (Å²) >= 11 is 0. The third-order valence-electron chi connectivity index (χ3n) is 3.31. The maximum atomic E-state index is 12.1. The molecule has 2 heterocycles. The van der Waals surface area contributed by atoms with E-state index < -0.39 is 5.76 Å². The van der Waals surface area contributed by atoms with Crippen LogP contribution in [-0.2, 0) is 11.3 Å². The molecular formula is C16H15N3O4. The van der Waals surface area contributed by atoms with E-state index in [1.807, 2.05) is 37.3 Å². The molecule has 1 amide bonds. The number of amides is 1. The molecular weight excluding hydrogens is 298 g/mol. The molecule has 0 bridgehead atoms. The zero-order chi connectivity index (χ0) is 16.2. The molecule has 0 aliphatic rings. The molecule has 0 radical (unpaired) electrons. The number of nitrogens with zero attached hydrogens (tertiary/aromatic N) is 2. The van der Waals surface area contributed by atoms with Gasteiger partial charge in [0.25, 0.3) is 5.89 Å². The molecule has 7 heteroatoms. The smallest absolute Gasteiger partial charge is 0.437 e. The van der Waals surface area contributed by atoms with E-state index in [4.69, 9.17) is 8.83 Å². The van der Waals surface area contributed by atoms with E-state index in [2.05, 4.69) is 10.4 Å². The van der Waals surface area contributed by atoms with Gasteiger partial charge in [0.1, 0.15) is 6.54 Å². The van der Waals surface area contributed by atoms with Gasteiger partial charge in [-0.1, -0.05) is 30.3 Å². The Morgan fingerprint density at radius 2 is 2.04 bits per heavy atom. The van der Waals surface area contributed by atoms with E-state index in [0.717, 1.165) is 10.2 Å². The average molecular weight is 313 g/mol. The second-order valence-electron chi connectivity index (χ2n) is 5.01. The predicted molar refractivity (Wildman–Crippen MR) is 81.5 cm³/mol. The van der Waals surface area contributed by atoms with E-state index in [-0.39, 0.29) is 24.4 Å². The maximum absolute atomic E-state index is 12.1. The quantitative estimate of drug-likeness (QED) is 0.777.